The predicted octanol–water partition coefficient (Wildman–Crippen LogP) is 4.48. The van der Waals surface area contributed by atoms with E-state index in [0.29, 0.717) is 17.1 Å². The van der Waals surface area contributed by atoms with Crippen molar-refractivity contribution in [3.8, 4) is 11.5 Å². The normalized spacial score (nSPS) is 22.0. The summed E-state index contributed by atoms with van der Waals surface area (Å²) >= 11 is 0. The molecule has 0 bridgehead atoms. The molecule has 1 saturated carbocycles. The van der Waals surface area contributed by atoms with Gasteiger partial charge in [0.05, 0.1) is 11.5 Å². The number of ether oxygens (including phenoxy) is 2. The smallest absolute Gasteiger partial charge is 0.416 e. The molecule has 1 aliphatic carbocycles. The van der Waals surface area contributed by atoms with Crippen LogP contribution in [0.5, 0.6) is 11.5 Å². The molecular weight excluding hydrogens is 461 g/mol. The van der Waals surface area contributed by atoms with E-state index in [1.165, 1.54) is 6.07 Å². The van der Waals surface area contributed by atoms with Crippen LogP contribution in [-0.2, 0) is 22.3 Å². The lowest BCUT2D eigenvalue weighted by atomic mass is 9.87. The first-order valence-corrected chi connectivity index (χ1v) is 11.9. The van der Waals surface area contributed by atoms with Gasteiger partial charge >= 0.3 is 6.18 Å². The van der Waals surface area contributed by atoms with E-state index in [1.807, 2.05) is 6.07 Å². The number of nitrogens with zero attached hydrogens (tertiary/aromatic N) is 1. The molecule has 0 radical (unpaired) electrons. The zero-order valence-electron chi connectivity index (χ0n) is 19.1. The highest BCUT2D eigenvalue weighted by atomic mass is 19.4. The number of rotatable bonds is 5. The monoisotopic (exact) mass is 488 g/mol. The van der Waals surface area contributed by atoms with Crippen LogP contribution in [-0.4, -0.2) is 36.6 Å². The Morgan fingerprint density at radius 3 is 2.54 bits per heavy atom. The molecule has 2 aliphatic heterocycles. The minimum atomic E-state index is -4.48. The number of fused-ring (bicyclic) bond motifs is 1. The molecular formula is C26H27F3N2O4. The Kier molecular flexibility index (Phi) is 6.34. The van der Waals surface area contributed by atoms with Crippen molar-refractivity contribution < 1.29 is 32.2 Å². The van der Waals surface area contributed by atoms with Crippen molar-refractivity contribution in [3.63, 3.8) is 0 Å². The highest BCUT2D eigenvalue weighted by molar-refractivity contribution is 5.84. The Labute approximate surface area is 201 Å². The van der Waals surface area contributed by atoms with Crippen LogP contribution in [0.1, 0.15) is 48.3 Å². The maximum Gasteiger partial charge on any atom is 0.416 e. The quantitative estimate of drug-likeness (QED) is 0.674. The van der Waals surface area contributed by atoms with Crippen molar-refractivity contribution in [2.45, 2.75) is 44.3 Å². The Morgan fingerprint density at radius 1 is 1.00 bits per heavy atom. The number of likely N-dealkylation sites (tertiary alicyclic amines) is 1. The summed E-state index contributed by atoms with van der Waals surface area (Å²) in [5.74, 6) is -0.253. The van der Waals surface area contributed by atoms with Gasteiger partial charge in [-0.25, -0.2) is 0 Å². The van der Waals surface area contributed by atoms with E-state index in [4.69, 9.17) is 9.47 Å². The maximum atomic E-state index is 13.4. The highest BCUT2D eigenvalue weighted by Crippen LogP contribution is 2.38. The molecule has 2 heterocycles. The maximum absolute atomic E-state index is 13.4. The lowest BCUT2D eigenvalue weighted by Gasteiger charge is -2.20. The summed E-state index contributed by atoms with van der Waals surface area (Å²) in [4.78, 5) is 28.0. The third-order valence-corrected chi connectivity index (χ3v) is 7.22. The van der Waals surface area contributed by atoms with Crippen LogP contribution >= 0.6 is 0 Å². The molecule has 5 rings (SSSR count). The summed E-state index contributed by atoms with van der Waals surface area (Å²) in [5, 5.41) is 2.91. The van der Waals surface area contributed by atoms with Crippen molar-refractivity contribution in [1.82, 2.24) is 10.2 Å². The van der Waals surface area contributed by atoms with Gasteiger partial charge in [0.2, 0.25) is 18.6 Å². The molecule has 0 unspecified atom stereocenters. The fourth-order valence-electron chi connectivity index (χ4n) is 5.33. The second-order valence-corrected chi connectivity index (χ2v) is 9.47. The molecule has 6 nitrogen and oxygen atoms in total. The van der Waals surface area contributed by atoms with Gasteiger partial charge < -0.3 is 19.7 Å². The van der Waals surface area contributed by atoms with Gasteiger partial charge in [-0.3, -0.25) is 9.59 Å². The third-order valence-electron chi connectivity index (χ3n) is 7.22. The van der Waals surface area contributed by atoms with E-state index in [2.05, 4.69) is 5.32 Å². The van der Waals surface area contributed by atoms with E-state index >= 15 is 0 Å². The van der Waals surface area contributed by atoms with Crippen molar-refractivity contribution in [2.24, 2.45) is 11.8 Å². The SMILES string of the molecule is O=C(NCc1ccc2c(c1)OCO2)[C@@H]1CN(C(=O)C2CCCC2)C[C@@H]1c1cccc(C(F)(F)F)c1. The van der Waals surface area contributed by atoms with Crippen LogP contribution in [0.4, 0.5) is 13.2 Å². The first-order valence-electron chi connectivity index (χ1n) is 11.9. The molecule has 9 heteroatoms. The second-order valence-electron chi connectivity index (χ2n) is 9.47. The van der Waals surface area contributed by atoms with Crippen molar-refractivity contribution in [1.29, 1.82) is 0 Å². The topological polar surface area (TPSA) is 67.9 Å². The average molecular weight is 489 g/mol. The lowest BCUT2D eigenvalue weighted by Crippen LogP contribution is -2.36. The van der Waals surface area contributed by atoms with Crippen LogP contribution in [0.25, 0.3) is 0 Å². The Balaban J connectivity index is 1.35. The number of halogens is 3. The molecule has 2 atom stereocenters. The zero-order valence-corrected chi connectivity index (χ0v) is 19.1. The van der Waals surface area contributed by atoms with Gasteiger partial charge in [0.15, 0.2) is 11.5 Å². The number of nitrogens with one attached hydrogen (secondary N) is 1. The Hall–Kier alpha value is -3.23. The van der Waals surface area contributed by atoms with Crippen LogP contribution in [0.2, 0.25) is 0 Å². The van der Waals surface area contributed by atoms with Crippen LogP contribution < -0.4 is 14.8 Å². The minimum absolute atomic E-state index is 0.00514. The molecule has 186 valence electrons. The molecule has 2 amide bonds. The Bertz CT molecular complexity index is 1110. The summed E-state index contributed by atoms with van der Waals surface area (Å²) in [5.41, 5.74) is 0.481. The number of hydrogen-bond donors (Lipinski definition) is 1. The number of carbonyl (C=O) groups excluding carboxylic acids is 2. The number of amides is 2. The first kappa shape index (κ1) is 23.5. The fraction of sp³-hybridized carbons (Fsp3) is 0.462. The molecule has 0 aromatic heterocycles. The van der Waals surface area contributed by atoms with Gasteiger partial charge in [-0.1, -0.05) is 37.1 Å². The zero-order chi connectivity index (χ0) is 24.6. The van der Waals surface area contributed by atoms with Crippen LogP contribution in [0, 0.1) is 11.8 Å². The van der Waals surface area contributed by atoms with E-state index in [-0.39, 0.29) is 44.2 Å². The summed E-state index contributed by atoms with van der Waals surface area (Å²) in [6.07, 6.45) is -0.832. The number of alkyl halides is 3. The first-order chi connectivity index (χ1) is 16.8. The van der Waals surface area contributed by atoms with Crippen molar-refractivity contribution >= 4 is 11.8 Å². The van der Waals surface area contributed by atoms with E-state index in [1.54, 1.807) is 23.1 Å². The number of carbonyl (C=O) groups is 2. The molecule has 3 aliphatic rings. The van der Waals surface area contributed by atoms with Crippen molar-refractivity contribution in [2.75, 3.05) is 19.9 Å². The molecule has 0 spiro atoms. The molecule has 2 aromatic rings. The molecule has 35 heavy (non-hydrogen) atoms. The summed E-state index contributed by atoms with van der Waals surface area (Å²) in [7, 11) is 0. The highest BCUT2D eigenvalue weighted by Gasteiger charge is 2.43. The van der Waals surface area contributed by atoms with Gasteiger partial charge in [-0.2, -0.15) is 13.2 Å². The Morgan fingerprint density at radius 2 is 1.77 bits per heavy atom. The molecule has 1 N–H and O–H groups in total. The van der Waals surface area contributed by atoms with Gasteiger partial charge in [0, 0.05) is 31.5 Å². The van der Waals surface area contributed by atoms with Gasteiger partial charge in [-0.05, 0) is 42.2 Å². The molecule has 2 fully saturated rings. The van der Waals surface area contributed by atoms with Gasteiger partial charge in [-0.15, -0.1) is 0 Å². The summed E-state index contributed by atoms with van der Waals surface area (Å²) < 4.78 is 50.8. The lowest BCUT2D eigenvalue weighted by molar-refractivity contribution is -0.138. The fourth-order valence-corrected chi connectivity index (χ4v) is 5.33. The van der Waals surface area contributed by atoms with Crippen molar-refractivity contribution in [3.05, 3.63) is 59.2 Å². The van der Waals surface area contributed by atoms with E-state index < -0.39 is 23.6 Å². The largest absolute Gasteiger partial charge is 0.454 e. The van der Waals surface area contributed by atoms with Crippen LogP contribution in [0.15, 0.2) is 42.5 Å². The molecule has 1 saturated heterocycles. The third kappa shape index (κ3) is 4.94. The van der Waals surface area contributed by atoms with Crippen LogP contribution in [0.3, 0.4) is 0 Å². The number of hydrogen-bond acceptors (Lipinski definition) is 4. The molecule has 2 aromatic carbocycles. The standard InChI is InChI=1S/C26H27F3N2O4/c27-26(28,29)19-7-3-6-18(11-19)20-13-31(25(33)17-4-1-2-5-17)14-21(20)24(32)30-12-16-8-9-22-23(10-16)35-15-34-22/h3,6-11,17,20-21H,1-2,4-5,12-15H2,(H,30,32)/t20-,21-/m1/s1. The predicted molar refractivity (Wildman–Crippen MR) is 121 cm³/mol. The van der Waals surface area contributed by atoms with Gasteiger partial charge in [0.1, 0.15) is 0 Å². The number of benzene rings is 2. The average Bonchev–Trinajstić information content (AvgIpc) is 3.62. The summed E-state index contributed by atoms with van der Waals surface area (Å²) in [6.45, 7) is 0.816. The minimum Gasteiger partial charge on any atom is -0.454 e. The van der Waals surface area contributed by atoms with Gasteiger partial charge in [0.25, 0.3) is 0 Å². The second kappa shape index (κ2) is 9.43. The summed E-state index contributed by atoms with van der Waals surface area (Å²) in [6, 6.07) is 10.5. The van der Waals surface area contributed by atoms with E-state index in [0.717, 1.165) is 43.4 Å². The van der Waals surface area contributed by atoms with E-state index in [9.17, 15) is 22.8 Å².